The van der Waals surface area contributed by atoms with Crippen molar-refractivity contribution in [2.75, 3.05) is 0 Å². The van der Waals surface area contributed by atoms with Gasteiger partial charge in [-0.15, -0.1) is 0 Å². The van der Waals surface area contributed by atoms with Gasteiger partial charge in [-0.2, -0.15) is 0 Å². The number of nitrogens with zero attached hydrogens (tertiary/aromatic N) is 1. The van der Waals surface area contributed by atoms with Crippen LogP contribution in [0.4, 0.5) is 0 Å². The summed E-state index contributed by atoms with van der Waals surface area (Å²) in [5.74, 6) is 1.57. The first-order valence-electron chi connectivity index (χ1n) is 4.82. The summed E-state index contributed by atoms with van der Waals surface area (Å²) in [5.41, 5.74) is 2.37. The highest BCUT2D eigenvalue weighted by Gasteiger charge is 2.07. The standard InChI is InChI=1S/C12H13NO/c1-3-10-6-4-5-7-11(10)12-13-8-9(2)14-12/h4-8H,3H2,1-2H3. The van der Waals surface area contributed by atoms with Crippen molar-refractivity contribution in [2.45, 2.75) is 20.3 Å². The maximum absolute atomic E-state index is 5.50. The van der Waals surface area contributed by atoms with Gasteiger partial charge in [-0.3, -0.25) is 0 Å². The topological polar surface area (TPSA) is 26.0 Å². The average Bonchev–Trinajstić information content (AvgIpc) is 2.65. The van der Waals surface area contributed by atoms with Crippen molar-refractivity contribution in [1.82, 2.24) is 4.98 Å². The molecule has 2 rings (SSSR count). The second kappa shape index (κ2) is 3.66. The van der Waals surface area contributed by atoms with Gasteiger partial charge in [0.2, 0.25) is 5.89 Å². The molecule has 0 aliphatic carbocycles. The van der Waals surface area contributed by atoms with E-state index < -0.39 is 0 Å². The lowest BCUT2D eigenvalue weighted by Gasteiger charge is -2.02. The van der Waals surface area contributed by atoms with Crippen LogP contribution < -0.4 is 0 Å². The second-order valence-corrected chi connectivity index (χ2v) is 3.29. The van der Waals surface area contributed by atoms with Crippen LogP contribution >= 0.6 is 0 Å². The predicted molar refractivity (Wildman–Crippen MR) is 56.1 cm³/mol. The molecule has 0 aliphatic rings. The summed E-state index contributed by atoms with van der Waals surface area (Å²) in [6.07, 6.45) is 2.75. The highest BCUT2D eigenvalue weighted by molar-refractivity contribution is 5.58. The van der Waals surface area contributed by atoms with Crippen LogP contribution in [-0.2, 0) is 6.42 Å². The molecule has 72 valence electrons. The summed E-state index contributed by atoms with van der Waals surface area (Å²) in [5, 5.41) is 0. The molecular weight excluding hydrogens is 174 g/mol. The van der Waals surface area contributed by atoms with E-state index in [4.69, 9.17) is 4.42 Å². The minimum atomic E-state index is 0.722. The van der Waals surface area contributed by atoms with Crippen molar-refractivity contribution >= 4 is 0 Å². The van der Waals surface area contributed by atoms with E-state index in [1.807, 2.05) is 25.1 Å². The zero-order valence-corrected chi connectivity index (χ0v) is 8.45. The highest BCUT2D eigenvalue weighted by atomic mass is 16.4. The van der Waals surface area contributed by atoms with Crippen molar-refractivity contribution in [3.63, 3.8) is 0 Å². The zero-order valence-electron chi connectivity index (χ0n) is 8.45. The molecule has 0 amide bonds. The van der Waals surface area contributed by atoms with Gasteiger partial charge in [0.1, 0.15) is 5.76 Å². The van der Waals surface area contributed by atoms with Crippen LogP contribution in [0.15, 0.2) is 34.9 Å². The number of benzene rings is 1. The zero-order chi connectivity index (χ0) is 9.97. The van der Waals surface area contributed by atoms with Crippen LogP contribution in [0.25, 0.3) is 11.5 Å². The smallest absolute Gasteiger partial charge is 0.226 e. The maximum Gasteiger partial charge on any atom is 0.226 e. The molecule has 2 heteroatoms. The Bertz CT molecular complexity index is 431. The summed E-state index contributed by atoms with van der Waals surface area (Å²) in [6.45, 7) is 4.04. The van der Waals surface area contributed by atoms with E-state index in [-0.39, 0.29) is 0 Å². The van der Waals surface area contributed by atoms with Crippen molar-refractivity contribution in [3.05, 3.63) is 41.8 Å². The van der Waals surface area contributed by atoms with E-state index in [1.165, 1.54) is 5.56 Å². The fraction of sp³-hybridized carbons (Fsp3) is 0.250. The Kier molecular flexibility index (Phi) is 2.35. The van der Waals surface area contributed by atoms with Gasteiger partial charge in [0.05, 0.1) is 6.20 Å². The molecule has 0 aliphatic heterocycles. The Hall–Kier alpha value is -1.57. The Morgan fingerprint density at radius 1 is 1.29 bits per heavy atom. The summed E-state index contributed by atoms with van der Waals surface area (Å²) in [6, 6.07) is 8.20. The third-order valence-electron chi connectivity index (χ3n) is 2.25. The lowest BCUT2D eigenvalue weighted by Crippen LogP contribution is -1.86. The molecule has 0 spiro atoms. The van der Waals surface area contributed by atoms with Gasteiger partial charge >= 0.3 is 0 Å². The molecule has 1 heterocycles. The number of oxazole rings is 1. The molecule has 14 heavy (non-hydrogen) atoms. The van der Waals surface area contributed by atoms with E-state index in [1.54, 1.807) is 6.20 Å². The van der Waals surface area contributed by atoms with Gasteiger partial charge in [-0.1, -0.05) is 25.1 Å². The van der Waals surface area contributed by atoms with E-state index in [2.05, 4.69) is 18.0 Å². The first-order valence-corrected chi connectivity index (χ1v) is 4.82. The molecule has 1 aromatic carbocycles. The Labute approximate surface area is 83.6 Å². The summed E-state index contributed by atoms with van der Waals surface area (Å²) >= 11 is 0. The quantitative estimate of drug-likeness (QED) is 0.721. The molecule has 0 N–H and O–H groups in total. The minimum absolute atomic E-state index is 0.722. The van der Waals surface area contributed by atoms with E-state index in [0.29, 0.717) is 0 Å². The molecule has 0 saturated heterocycles. The first kappa shape index (κ1) is 9.00. The van der Waals surface area contributed by atoms with Gasteiger partial charge in [-0.25, -0.2) is 4.98 Å². The van der Waals surface area contributed by atoms with Gasteiger partial charge < -0.3 is 4.42 Å². The summed E-state index contributed by atoms with van der Waals surface area (Å²) < 4.78 is 5.50. The normalized spacial score (nSPS) is 10.4. The number of aryl methyl sites for hydroxylation is 2. The molecule has 0 unspecified atom stereocenters. The van der Waals surface area contributed by atoms with Crippen LogP contribution in [-0.4, -0.2) is 4.98 Å². The number of aromatic nitrogens is 1. The Balaban J connectivity index is 2.50. The molecule has 0 bridgehead atoms. The van der Waals surface area contributed by atoms with E-state index in [0.717, 1.165) is 23.6 Å². The van der Waals surface area contributed by atoms with Crippen molar-refractivity contribution < 1.29 is 4.42 Å². The maximum atomic E-state index is 5.50. The van der Waals surface area contributed by atoms with Crippen molar-refractivity contribution in [3.8, 4) is 11.5 Å². The fourth-order valence-electron chi connectivity index (χ4n) is 1.52. The Morgan fingerprint density at radius 2 is 2.07 bits per heavy atom. The third kappa shape index (κ3) is 1.55. The largest absolute Gasteiger partial charge is 0.441 e. The predicted octanol–water partition coefficient (Wildman–Crippen LogP) is 3.21. The van der Waals surface area contributed by atoms with E-state index >= 15 is 0 Å². The van der Waals surface area contributed by atoms with Crippen LogP contribution in [0.3, 0.4) is 0 Å². The molecule has 0 fully saturated rings. The van der Waals surface area contributed by atoms with E-state index in [9.17, 15) is 0 Å². The molecule has 2 nitrogen and oxygen atoms in total. The monoisotopic (exact) mass is 187 g/mol. The SMILES string of the molecule is CCc1ccccc1-c1ncc(C)o1. The number of hydrogen-bond acceptors (Lipinski definition) is 2. The first-order chi connectivity index (χ1) is 6.81. The Morgan fingerprint density at radius 3 is 2.71 bits per heavy atom. The fourth-order valence-corrected chi connectivity index (χ4v) is 1.52. The molecule has 0 atom stereocenters. The average molecular weight is 187 g/mol. The minimum Gasteiger partial charge on any atom is -0.441 e. The van der Waals surface area contributed by atoms with Gasteiger partial charge in [0.25, 0.3) is 0 Å². The lowest BCUT2D eigenvalue weighted by atomic mass is 10.1. The molecule has 2 aromatic rings. The number of rotatable bonds is 2. The molecule has 0 radical (unpaired) electrons. The summed E-state index contributed by atoms with van der Waals surface area (Å²) in [4.78, 5) is 4.23. The second-order valence-electron chi connectivity index (χ2n) is 3.29. The molecule has 0 saturated carbocycles. The lowest BCUT2D eigenvalue weighted by molar-refractivity contribution is 0.542. The molecular formula is C12H13NO. The van der Waals surface area contributed by atoms with Gasteiger partial charge in [0, 0.05) is 5.56 Å². The van der Waals surface area contributed by atoms with Crippen LogP contribution in [0.2, 0.25) is 0 Å². The van der Waals surface area contributed by atoms with Crippen LogP contribution in [0, 0.1) is 6.92 Å². The summed E-state index contributed by atoms with van der Waals surface area (Å²) in [7, 11) is 0. The highest BCUT2D eigenvalue weighted by Crippen LogP contribution is 2.23. The van der Waals surface area contributed by atoms with Crippen LogP contribution in [0.5, 0.6) is 0 Å². The van der Waals surface area contributed by atoms with Gasteiger partial charge in [-0.05, 0) is 25.0 Å². The van der Waals surface area contributed by atoms with Crippen molar-refractivity contribution in [1.29, 1.82) is 0 Å². The van der Waals surface area contributed by atoms with Crippen LogP contribution in [0.1, 0.15) is 18.2 Å². The van der Waals surface area contributed by atoms with Gasteiger partial charge in [0.15, 0.2) is 0 Å². The number of hydrogen-bond donors (Lipinski definition) is 0. The third-order valence-corrected chi connectivity index (χ3v) is 2.25. The van der Waals surface area contributed by atoms with Crippen molar-refractivity contribution in [2.24, 2.45) is 0 Å². The molecule has 1 aromatic heterocycles.